The van der Waals surface area contributed by atoms with Crippen LogP contribution in [-0.4, -0.2) is 49.6 Å². The fraction of sp³-hybridized carbons (Fsp3) is 0.833. The number of ether oxygens (including phenoxy) is 2. The number of aliphatic imine (C=N–C) groups is 2. The maximum Gasteiger partial charge on any atom is 0.210 e. The minimum absolute atomic E-state index is 0.181. The lowest BCUT2D eigenvalue weighted by Gasteiger charge is -2.28. The van der Waals surface area contributed by atoms with Crippen LogP contribution in [0.25, 0.3) is 0 Å². The summed E-state index contributed by atoms with van der Waals surface area (Å²) in [5, 5.41) is 10.6. The number of methoxy groups -OCH3 is 2. The van der Waals surface area contributed by atoms with E-state index in [9.17, 15) is 10.1 Å². The zero-order valence-electron chi connectivity index (χ0n) is 12.0. The molecule has 1 aliphatic rings. The van der Waals surface area contributed by atoms with Crippen molar-refractivity contribution in [1.82, 2.24) is 0 Å². The minimum Gasteiger partial charge on any atom is -0.483 e. The molecule has 0 fully saturated rings. The molecule has 7 nitrogen and oxygen atoms in total. The summed E-state index contributed by atoms with van der Waals surface area (Å²) in [7, 11) is 3.05. The molecule has 0 aromatic carbocycles. The molecule has 0 aliphatic carbocycles. The van der Waals surface area contributed by atoms with Gasteiger partial charge in [0, 0.05) is 4.92 Å². The lowest BCUT2D eigenvalue weighted by Crippen LogP contribution is -2.41. The first kappa shape index (κ1) is 15.4. The molecule has 1 heterocycles. The fourth-order valence-electron chi connectivity index (χ4n) is 2.02. The average Bonchev–Trinajstić information content (AvgIpc) is 2.35. The Hall–Kier alpha value is -1.66. The Morgan fingerprint density at radius 1 is 1.16 bits per heavy atom. The van der Waals surface area contributed by atoms with Crippen LogP contribution in [0.1, 0.15) is 20.8 Å². The van der Waals surface area contributed by atoms with Gasteiger partial charge in [0.2, 0.25) is 18.3 Å². The van der Waals surface area contributed by atoms with Crippen LogP contribution in [0.4, 0.5) is 0 Å². The number of nitro groups is 1. The summed E-state index contributed by atoms with van der Waals surface area (Å²) in [6.07, 6.45) is 0. The number of rotatable bonds is 4. The van der Waals surface area contributed by atoms with E-state index in [1.54, 1.807) is 6.92 Å². The van der Waals surface area contributed by atoms with Gasteiger partial charge in [-0.15, -0.1) is 0 Å². The Balaban J connectivity index is 3.01. The van der Waals surface area contributed by atoms with Crippen molar-refractivity contribution in [2.24, 2.45) is 21.8 Å². The van der Waals surface area contributed by atoms with Gasteiger partial charge in [0.15, 0.2) is 0 Å². The molecular formula is C12H21N3O4. The molecule has 19 heavy (non-hydrogen) atoms. The molecule has 7 heteroatoms. The molecule has 0 spiro atoms. The molecule has 0 radical (unpaired) electrons. The minimum atomic E-state index is -0.458. The molecule has 1 aliphatic heterocycles. The van der Waals surface area contributed by atoms with E-state index in [0.717, 1.165) is 0 Å². The number of nitrogens with zero attached hydrogens (tertiary/aromatic N) is 3. The fourth-order valence-corrected chi connectivity index (χ4v) is 2.02. The molecule has 1 rings (SSSR count). The molecule has 3 atom stereocenters. The highest BCUT2D eigenvalue weighted by Crippen LogP contribution is 2.21. The quantitative estimate of drug-likeness (QED) is 0.571. The van der Waals surface area contributed by atoms with E-state index in [1.807, 2.05) is 13.8 Å². The van der Waals surface area contributed by atoms with Crippen LogP contribution in [0, 0.1) is 22.0 Å². The SMILES string of the molecule is COC1=N[C@H]([C@H](C)C[N+](=O)[O-])C(OC)=N[C@H]1C(C)C. The summed E-state index contributed by atoms with van der Waals surface area (Å²) in [6.45, 7) is 5.60. The topological polar surface area (TPSA) is 86.3 Å². The predicted molar refractivity (Wildman–Crippen MR) is 72.3 cm³/mol. The van der Waals surface area contributed by atoms with Crippen LogP contribution < -0.4 is 0 Å². The van der Waals surface area contributed by atoms with E-state index in [-0.39, 0.29) is 29.3 Å². The first-order chi connectivity index (χ1) is 8.90. The van der Waals surface area contributed by atoms with E-state index < -0.39 is 6.04 Å². The van der Waals surface area contributed by atoms with Crippen molar-refractivity contribution >= 4 is 11.8 Å². The standard InChI is InChI=1S/C12H21N3O4/c1-7(2)9-11(18-4)14-10(12(13-9)19-5)8(3)6-15(16)17/h7-10H,6H2,1-5H3/t8-,9+,10-/m1/s1. The third-order valence-electron chi connectivity index (χ3n) is 3.06. The highest BCUT2D eigenvalue weighted by molar-refractivity contribution is 5.94. The van der Waals surface area contributed by atoms with Crippen LogP contribution in [0.15, 0.2) is 9.98 Å². The van der Waals surface area contributed by atoms with Crippen molar-refractivity contribution in [1.29, 1.82) is 0 Å². The molecule has 0 amide bonds. The second kappa shape index (κ2) is 6.49. The third kappa shape index (κ3) is 3.65. The van der Waals surface area contributed by atoms with E-state index in [2.05, 4.69) is 9.98 Å². The Kier molecular flexibility index (Phi) is 5.26. The summed E-state index contributed by atoms with van der Waals surface area (Å²) >= 11 is 0. The van der Waals surface area contributed by atoms with E-state index in [4.69, 9.17) is 9.47 Å². The van der Waals surface area contributed by atoms with Crippen molar-refractivity contribution in [3.05, 3.63) is 10.1 Å². The second-order valence-electron chi connectivity index (χ2n) is 4.97. The van der Waals surface area contributed by atoms with Gasteiger partial charge in [-0.3, -0.25) is 10.1 Å². The van der Waals surface area contributed by atoms with Crippen molar-refractivity contribution in [2.45, 2.75) is 32.9 Å². The summed E-state index contributed by atoms with van der Waals surface area (Å²) in [4.78, 5) is 19.2. The first-order valence-corrected chi connectivity index (χ1v) is 6.25. The highest BCUT2D eigenvalue weighted by atomic mass is 16.6. The van der Waals surface area contributed by atoms with Gasteiger partial charge in [-0.2, -0.15) is 0 Å². The summed E-state index contributed by atoms with van der Waals surface area (Å²) in [5.74, 6) is 0.868. The van der Waals surface area contributed by atoms with E-state index in [0.29, 0.717) is 11.8 Å². The van der Waals surface area contributed by atoms with Crippen molar-refractivity contribution in [2.75, 3.05) is 20.8 Å². The zero-order chi connectivity index (χ0) is 14.6. The molecule has 0 aromatic heterocycles. The number of hydrogen-bond donors (Lipinski definition) is 0. The van der Waals surface area contributed by atoms with Crippen molar-refractivity contribution in [3.63, 3.8) is 0 Å². The third-order valence-corrected chi connectivity index (χ3v) is 3.06. The van der Waals surface area contributed by atoms with Gasteiger partial charge in [-0.05, 0) is 5.92 Å². The Labute approximate surface area is 112 Å². The van der Waals surface area contributed by atoms with Gasteiger partial charge in [-0.25, -0.2) is 9.98 Å². The van der Waals surface area contributed by atoms with Gasteiger partial charge >= 0.3 is 0 Å². The monoisotopic (exact) mass is 271 g/mol. The van der Waals surface area contributed by atoms with Gasteiger partial charge in [-0.1, -0.05) is 20.8 Å². The summed E-state index contributed by atoms with van der Waals surface area (Å²) in [5.41, 5.74) is 0. The Morgan fingerprint density at radius 2 is 1.63 bits per heavy atom. The smallest absolute Gasteiger partial charge is 0.210 e. The van der Waals surface area contributed by atoms with Crippen molar-refractivity contribution in [3.8, 4) is 0 Å². The van der Waals surface area contributed by atoms with E-state index in [1.165, 1.54) is 14.2 Å². The molecule has 108 valence electrons. The molecule has 0 bridgehead atoms. The molecule has 0 saturated carbocycles. The van der Waals surface area contributed by atoms with E-state index >= 15 is 0 Å². The predicted octanol–water partition coefficient (Wildman–Crippen LogP) is 1.40. The second-order valence-corrected chi connectivity index (χ2v) is 4.97. The van der Waals surface area contributed by atoms with Crippen LogP contribution >= 0.6 is 0 Å². The lowest BCUT2D eigenvalue weighted by atomic mass is 9.98. The maximum atomic E-state index is 10.6. The number of hydrogen-bond acceptors (Lipinski definition) is 6. The highest BCUT2D eigenvalue weighted by Gasteiger charge is 2.35. The summed E-state index contributed by atoms with van der Waals surface area (Å²) < 4.78 is 10.5. The van der Waals surface area contributed by atoms with Gasteiger partial charge in [0.05, 0.1) is 20.1 Å². The van der Waals surface area contributed by atoms with Gasteiger partial charge < -0.3 is 9.47 Å². The summed E-state index contributed by atoms with van der Waals surface area (Å²) in [6, 6.07) is -0.653. The average molecular weight is 271 g/mol. The Bertz CT molecular complexity index is 392. The first-order valence-electron chi connectivity index (χ1n) is 6.25. The van der Waals surface area contributed by atoms with Crippen LogP contribution in [0.2, 0.25) is 0 Å². The molecule has 0 unspecified atom stereocenters. The zero-order valence-corrected chi connectivity index (χ0v) is 12.0. The maximum absolute atomic E-state index is 10.6. The Morgan fingerprint density at radius 3 is 2.05 bits per heavy atom. The van der Waals surface area contributed by atoms with Crippen LogP contribution in [-0.2, 0) is 9.47 Å². The molecular weight excluding hydrogens is 250 g/mol. The normalized spacial score (nSPS) is 24.5. The molecule has 0 saturated heterocycles. The molecule has 0 N–H and O–H groups in total. The molecule has 0 aromatic rings. The van der Waals surface area contributed by atoms with Crippen LogP contribution in [0.5, 0.6) is 0 Å². The van der Waals surface area contributed by atoms with Gasteiger partial charge in [0.1, 0.15) is 12.1 Å². The largest absolute Gasteiger partial charge is 0.483 e. The lowest BCUT2D eigenvalue weighted by molar-refractivity contribution is -0.487. The van der Waals surface area contributed by atoms with Gasteiger partial charge in [0.25, 0.3) is 0 Å². The van der Waals surface area contributed by atoms with Crippen LogP contribution in [0.3, 0.4) is 0 Å². The van der Waals surface area contributed by atoms with Crippen molar-refractivity contribution < 1.29 is 14.4 Å².